The highest BCUT2D eigenvalue weighted by Gasteiger charge is 2.30. The fourth-order valence-corrected chi connectivity index (χ4v) is 2.49. The maximum Gasteiger partial charge on any atom is 0.358 e. The fourth-order valence-electron chi connectivity index (χ4n) is 1.39. The zero-order chi connectivity index (χ0) is 13.1. The summed E-state index contributed by atoms with van der Waals surface area (Å²) >= 11 is 1.49. The zero-order valence-corrected chi connectivity index (χ0v) is 11.8. The molecule has 0 N–H and O–H groups in total. The van der Waals surface area contributed by atoms with Gasteiger partial charge in [-0.05, 0) is 27.2 Å². The van der Waals surface area contributed by atoms with Crippen molar-refractivity contribution in [2.24, 2.45) is 0 Å². The van der Waals surface area contributed by atoms with Crippen LogP contribution in [0.3, 0.4) is 0 Å². The number of thiazole rings is 1. The first-order valence-electron chi connectivity index (χ1n) is 5.68. The molecule has 0 bridgehead atoms. The molecule has 0 aliphatic carbocycles. The van der Waals surface area contributed by atoms with Crippen LogP contribution in [-0.2, 0) is 15.1 Å². The summed E-state index contributed by atoms with van der Waals surface area (Å²) in [5.41, 5.74) is -0.0243. The molecule has 4 nitrogen and oxygen atoms in total. The Morgan fingerprint density at radius 3 is 2.59 bits per heavy atom. The molecule has 0 aromatic carbocycles. The number of esters is 1. The van der Waals surface area contributed by atoms with E-state index in [0.717, 1.165) is 16.3 Å². The highest BCUT2D eigenvalue weighted by molar-refractivity contribution is 7.12. The van der Waals surface area contributed by atoms with Gasteiger partial charge in [-0.3, -0.25) is 0 Å². The molecular formula is C12H19NO3S. The summed E-state index contributed by atoms with van der Waals surface area (Å²) in [7, 11) is 1.66. The van der Waals surface area contributed by atoms with Gasteiger partial charge in [0.05, 0.1) is 6.61 Å². The maximum absolute atomic E-state index is 11.7. The topological polar surface area (TPSA) is 48.4 Å². The van der Waals surface area contributed by atoms with Crippen LogP contribution in [0.1, 0.15) is 47.6 Å². The second-order valence-corrected chi connectivity index (χ2v) is 5.14. The summed E-state index contributed by atoms with van der Waals surface area (Å²) in [6, 6.07) is 0. The van der Waals surface area contributed by atoms with Crippen molar-refractivity contribution in [3.8, 4) is 0 Å². The SMILES string of the molecule is CCOC(=O)c1nc(C(C)(CC)OC)sc1C. The second-order valence-electron chi connectivity index (χ2n) is 3.93. The van der Waals surface area contributed by atoms with Gasteiger partial charge >= 0.3 is 5.97 Å². The molecule has 96 valence electrons. The summed E-state index contributed by atoms with van der Waals surface area (Å²) in [6.07, 6.45) is 0.804. The van der Waals surface area contributed by atoms with Crippen LogP contribution in [0.5, 0.6) is 0 Å². The Morgan fingerprint density at radius 1 is 1.47 bits per heavy atom. The van der Waals surface area contributed by atoms with E-state index < -0.39 is 5.60 Å². The number of hydrogen-bond donors (Lipinski definition) is 0. The van der Waals surface area contributed by atoms with Gasteiger partial charge in [0.1, 0.15) is 10.6 Å². The van der Waals surface area contributed by atoms with E-state index in [-0.39, 0.29) is 5.97 Å². The van der Waals surface area contributed by atoms with Crippen molar-refractivity contribution in [1.29, 1.82) is 0 Å². The summed E-state index contributed by atoms with van der Waals surface area (Å²) in [5, 5.41) is 0.822. The number of aromatic nitrogens is 1. The molecule has 1 aromatic heterocycles. The van der Waals surface area contributed by atoms with E-state index in [9.17, 15) is 4.79 Å². The normalized spacial score (nSPS) is 14.4. The predicted molar refractivity (Wildman–Crippen MR) is 67.5 cm³/mol. The molecule has 0 aliphatic rings. The average molecular weight is 257 g/mol. The van der Waals surface area contributed by atoms with E-state index >= 15 is 0 Å². The number of rotatable bonds is 5. The first kappa shape index (κ1) is 14.1. The third-order valence-electron chi connectivity index (χ3n) is 2.84. The monoisotopic (exact) mass is 257 g/mol. The maximum atomic E-state index is 11.7. The highest BCUT2D eigenvalue weighted by atomic mass is 32.1. The van der Waals surface area contributed by atoms with Gasteiger partial charge in [-0.2, -0.15) is 0 Å². The molecule has 0 fully saturated rings. The minimum atomic E-state index is -0.430. The number of nitrogens with zero attached hydrogens (tertiary/aromatic N) is 1. The number of ether oxygens (including phenoxy) is 2. The largest absolute Gasteiger partial charge is 0.461 e. The Bertz CT molecular complexity index is 396. The van der Waals surface area contributed by atoms with Crippen molar-refractivity contribution in [3.05, 3.63) is 15.6 Å². The van der Waals surface area contributed by atoms with Gasteiger partial charge < -0.3 is 9.47 Å². The van der Waals surface area contributed by atoms with Gasteiger partial charge in [-0.25, -0.2) is 9.78 Å². The van der Waals surface area contributed by atoms with Crippen molar-refractivity contribution in [3.63, 3.8) is 0 Å². The Labute approximate surface area is 106 Å². The smallest absolute Gasteiger partial charge is 0.358 e. The van der Waals surface area contributed by atoms with Crippen LogP contribution in [0.4, 0.5) is 0 Å². The lowest BCUT2D eigenvalue weighted by atomic mass is 10.1. The molecule has 0 spiro atoms. The minimum Gasteiger partial charge on any atom is -0.461 e. The van der Waals surface area contributed by atoms with Crippen molar-refractivity contribution in [1.82, 2.24) is 4.98 Å². The summed E-state index contributed by atoms with van der Waals surface area (Å²) in [5.74, 6) is -0.359. The van der Waals surface area contributed by atoms with Crippen LogP contribution in [0.15, 0.2) is 0 Å². The number of methoxy groups -OCH3 is 1. The van der Waals surface area contributed by atoms with E-state index in [2.05, 4.69) is 4.98 Å². The lowest BCUT2D eigenvalue weighted by Crippen LogP contribution is -2.23. The molecule has 0 aliphatic heterocycles. The Morgan fingerprint density at radius 2 is 2.12 bits per heavy atom. The van der Waals surface area contributed by atoms with Gasteiger partial charge in [0.2, 0.25) is 0 Å². The van der Waals surface area contributed by atoms with Crippen molar-refractivity contribution >= 4 is 17.3 Å². The lowest BCUT2D eigenvalue weighted by molar-refractivity contribution is -0.00173. The average Bonchev–Trinajstić information content (AvgIpc) is 2.71. The van der Waals surface area contributed by atoms with Gasteiger partial charge in [0.25, 0.3) is 0 Å². The van der Waals surface area contributed by atoms with E-state index in [1.165, 1.54) is 11.3 Å². The van der Waals surface area contributed by atoms with E-state index in [1.54, 1.807) is 14.0 Å². The molecule has 1 aromatic rings. The van der Waals surface area contributed by atoms with Crippen molar-refractivity contribution in [2.75, 3.05) is 13.7 Å². The minimum absolute atomic E-state index is 0.359. The van der Waals surface area contributed by atoms with Gasteiger partial charge in [-0.1, -0.05) is 6.92 Å². The summed E-state index contributed by atoms with van der Waals surface area (Å²) in [6.45, 7) is 8.02. The highest BCUT2D eigenvalue weighted by Crippen LogP contribution is 2.33. The summed E-state index contributed by atoms with van der Waals surface area (Å²) < 4.78 is 10.4. The fraction of sp³-hybridized carbons (Fsp3) is 0.667. The Balaban J connectivity index is 3.07. The molecule has 1 unspecified atom stereocenters. The molecule has 1 heterocycles. The number of carbonyl (C=O) groups excluding carboxylic acids is 1. The Kier molecular flexibility index (Phi) is 4.65. The Hall–Kier alpha value is -0.940. The van der Waals surface area contributed by atoms with E-state index in [1.807, 2.05) is 20.8 Å². The molecule has 0 amide bonds. The standard InChI is InChI=1S/C12H19NO3S/c1-6-12(4,15-5)11-13-9(8(3)17-11)10(14)16-7-2/h6-7H2,1-5H3. The number of aryl methyl sites for hydroxylation is 1. The molecule has 1 atom stereocenters. The van der Waals surface area contributed by atoms with Crippen LogP contribution in [0.25, 0.3) is 0 Å². The van der Waals surface area contributed by atoms with Gasteiger partial charge in [0, 0.05) is 12.0 Å². The quantitative estimate of drug-likeness (QED) is 0.761. The third kappa shape index (κ3) is 2.84. The van der Waals surface area contributed by atoms with Crippen molar-refractivity contribution in [2.45, 2.75) is 39.7 Å². The van der Waals surface area contributed by atoms with Crippen LogP contribution in [0, 0.1) is 6.92 Å². The number of hydrogen-bond acceptors (Lipinski definition) is 5. The first-order valence-corrected chi connectivity index (χ1v) is 6.50. The number of carbonyl (C=O) groups is 1. The molecule has 5 heteroatoms. The van der Waals surface area contributed by atoms with Gasteiger partial charge in [-0.15, -0.1) is 11.3 Å². The van der Waals surface area contributed by atoms with E-state index in [4.69, 9.17) is 9.47 Å². The van der Waals surface area contributed by atoms with Crippen LogP contribution < -0.4 is 0 Å². The van der Waals surface area contributed by atoms with Crippen LogP contribution in [0.2, 0.25) is 0 Å². The van der Waals surface area contributed by atoms with Gasteiger partial charge in [0.15, 0.2) is 5.69 Å². The molecule has 0 saturated carbocycles. The first-order chi connectivity index (χ1) is 7.98. The summed E-state index contributed by atoms with van der Waals surface area (Å²) in [4.78, 5) is 16.9. The second kappa shape index (κ2) is 5.60. The van der Waals surface area contributed by atoms with Crippen molar-refractivity contribution < 1.29 is 14.3 Å². The predicted octanol–water partition coefficient (Wildman–Crippen LogP) is 2.90. The molecule has 0 saturated heterocycles. The third-order valence-corrected chi connectivity index (χ3v) is 4.06. The molecule has 17 heavy (non-hydrogen) atoms. The zero-order valence-electron chi connectivity index (χ0n) is 11.0. The molecular weight excluding hydrogens is 238 g/mol. The molecule has 1 rings (SSSR count). The van der Waals surface area contributed by atoms with Crippen LogP contribution >= 0.6 is 11.3 Å². The van der Waals surface area contributed by atoms with E-state index in [0.29, 0.717) is 12.3 Å². The lowest BCUT2D eigenvalue weighted by Gasteiger charge is -2.23. The van der Waals surface area contributed by atoms with Crippen LogP contribution in [-0.4, -0.2) is 24.7 Å². The molecule has 0 radical (unpaired) electrons.